The Kier molecular flexibility index (Phi) is 5.47. The minimum Gasteiger partial charge on any atom is -0.348 e. The number of nitrogens with one attached hydrogen (secondary N) is 2. The summed E-state index contributed by atoms with van der Waals surface area (Å²) in [5, 5.41) is 6.58. The molecule has 1 aliphatic carbocycles. The molecule has 1 heterocycles. The molecule has 2 N–H and O–H groups in total. The van der Waals surface area contributed by atoms with Crippen molar-refractivity contribution in [1.82, 2.24) is 15.5 Å². The first-order chi connectivity index (χ1) is 14.3. The second-order valence-electron chi connectivity index (χ2n) is 7.69. The van der Waals surface area contributed by atoms with Crippen LogP contribution in [-0.2, 0) is 21.5 Å². The van der Waals surface area contributed by atoms with Crippen LogP contribution in [0.15, 0.2) is 42.5 Å². The molecule has 0 radical (unpaired) electrons. The van der Waals surface area contributed by atoms with E-state index in [1.54, 1.807) is 25.1 Å². The molecule has 1 spiro atoms. The monoisotopic (exact) mass is 445 g/mol. The molecule has 1 fully saturated rings. The van der Waals surface area contributed by atoms with Crippen molar-refractivity contribution in [2.75, 3.05) is 6.54 Å². The van der Waals surface area contributed by atoms with Gasteiger partial charge in [-0.2, -0.15) is 0 Å². The van der Waals surface area contributed by atoms with Crippen LogP contribution in [0.1, 0.15) is 42.5 Å². The Morgan fingerprint density at radius 1 is 1.23 bits per heavy atom. The smallest absolute Gasteiger partial charge is 0.325 e. The first-order valence-electron chi connectivity index (χ1n) is 9.78. The summed E-state index contributed by atoms with van der Waals surface area (Å²) >= 11 is 12.1. The Morgan fingerprint density at radius 2 is 2.00 bits per heavy atom. The standard InChI is InChI=1S/C22H21Cl2N3O3/c1-13(16-9-8-15(23)11-18(16)24)25-19(28)12-27-20(29)22(26-21(27)30)10-4-6-14-5-2-3-7-17(14)22/h2-3,5,7-9,11,13H,4,6,10,12H2,1H3,(H,25,28)(H,26,30). The van der Waals surface area contributed by atoms with Crippen molar-refractivity contribution >= 4 is 41.0 Å². The summed E-state index contributed by atoms with van der Waals surface area (Å²) in [4.78, 5) is 39.5. The third-order valence-electron chi connectivity index (χ3n) is 5.76. The number of hydrogen-bond acceptors (Lipinski definition) is 3. The number of amides is 4. The predicted octanol–water partition coefficient (Wildman–Crippen LogP) is 3.95. The highest BCUT2D eigenvalue weighted by atomic mass is 35.5. The molecule has 2 atom stereocenters. The minimum atomic E-state index is -1.09. The number of benzene rings is 2. The normalized spacial score (nSPS) is 21.4. The lowest BCUT2D eigenvalue weighted by Crippen LogP contribution is -2.47. The number of imide groups is 1. The van der Waals surface area contributed by atoms with Gasteiger partial charge in [-0.05, 0) is 55.0 Å². The number of urea groups is 1. The van der Waals surface area contributed by atoms with Crippen molar-refractivity contribution in [3.63, 3.8) is 0 Å². The van der Waals surface area contributed by atoms with Crippen molar-refractivity contribution < 1.29 is 14.4 Å². The topological polar surface area (TPSA) is 78.5 Å². The summed E-state index contributed by atoms with van der Waals surface area (Å²) in [6.45, 7) is 1.42. The molecule has 6 nitrogen and oxygen atoms in total. The average molecular weight is 446 g/mol. The van der Waals surface area contributed by atoms with E-state index in [0.717, 1.165) is 28.9 Å². The molecule has 0 bridgehead atoms. The molecular formula is C22H21Cl2N3O3. The van der Waals surface area contributed by atoms with Gasteiger partial charge in [0.15, 0.2) is 0 Å². The summed E-state index contributed by atoms with van der Waals surface area (Å²) in [6.07, 6.45) is 2.17. The second-order valence-corrected chi connectivity index (χ2v) is 8.54. The van der Waals surface area contributed by atoms with Crippen LogP contribution in [0.4, 0.5) is 4.79 Å². The van der Waals surface area contributed by atoms with Gasteiger partial charge in [-0.25, -0.2) is 4.79 Å². The molecule has 0 aromatic heterocycles. The van der Waals surface area contributed by atoms with Crippen LogP contribution >= 0.6 is 23.2 Å². The Balaban J connectivity index is 1.50. The van der Waals surface area contributed by atoms with E-state index >= 15 is 0 Å². The maximum absolute atomic E-state index is 13.3. The molecule has 156 valence electrons. The van der Waals surface area contributed by atoms with Crippen molar-refractivity contribution in [1.29, 1.82) is 0 Å². The fourth-order valence-corrected chi connectivity index (χ4v) is 4.89. The van der Waals surface area contributed by atoms with Crippen LogP contribution in [0.25, 0.3) is 0 Å². The fraction of sp³-hybridized carbons (Fsp3) is 0.318. The number of carbonyl (C=O) groups excluding carboxylic acids is 3. The minimum absolute atomic E-state index is 0.357. The van der Waals surface area contributed by atoms with Crippen LogP contribution < -0.4 is 10.6 Å². The van der Waals surface area contributed by atoms with Gasteiger partial charge in [-0.3, -0.25) is 14.5 Å². The lowest BCUT2D eigenvalue weighted by Gasteiger charge is -2.33. The van der Waals surface area contributed by atoms with Crippen LogP contribution in [-0.4, -0.2) is 29.3 Å². The van der Waals surface area contributed by atoms with E-state index in [1.807, 2.05) is 24.3 Å². The maximum Gasteiger partial charge on any atom is 0.325 e. The van der Waals surface area contributed by atoms with E-state index in [-0.39, 0.29) is 12.5 Å². The number of carbonyl (C=O) groups is 3. The van der Waals surface area contributed by atoms with Gasteiger partial charge in [0.2, 0.25) is 5.91 Å². The molecule has 4 rings (SSSR count). The largest absolute Gasteiger partial charge is 0.348 e. The summed E-state index contributed by atoms with van der Waals surface area (Å²) in [5.41, 5.74) is 1.48. The Hall–Kier alpha value is -2.57. The van der Waals surface area contributed by atoms with Gasteiger partial charge in [0.1, 0.15) is 12.1 Å². The molecule has 0 saturated carbocycles. The Morgan fingerprint density at radius 3 is 2.77 bits per heavy atom. The number of fused-ring (bicyclic) bond motifs is 2. The SMILES string of the molecule is CC(NC(=O)CN1C(=O)NC2(CCCc3ccccc32)C1=O)c1ccc(Cl)cc1Cl. The van der Waals surface area contributed by atoms with E-state index in [1.165, 1.54) is 0 Å². The van der Waals surface area contributed by atoms with Crippen molar-refractivity contribution in [2.45, 2.75) is 37.8 Å². The van der Waals surface area contributed by atoms with E-state index in [0.29, 0.717) is 22.0 Å². The van der Waals surface area contributed by atoms with Crippen LogP contribution in [0, 0.1) is 0 Å². The van der Waals surface area contributed by atoms with Gasteiger partial charge in [0.25, 0.3) is 5.91 Å². The zero-order valence-electron chi connectivity index (χ0n) is 16.4. The molecule has 2 aliphatic rings. The van der Waals surface area contributed by atoms with Gasteiger partial charge in [-0.15, -0.1) is 0 Å². The number of aryl methyl sites for hydroxylation is 1. The first kappa shape index (κ1) is 20.7. The van der Waals surface area contributed by atoms with Gasteiger partial charge in [-0.1, -0.05) is 53.5 Å². The number of halogens is 2. The lowest BCUT2D eigenvalue weighted by molar-refractivity contribution is -0.135. The molecule has 4 amide bonds. The number of nitrogens with zero attached hydrogens (tertiary/aromatic N) is 1. The first-order valence-corrected chi connectivity index (χ1v) is 10.5. The van der Waals surface area contributed by atoms with Crippen LogP contribution in [0.5, 0.6) is 0 Å². The number of hydrogen-bond donors (Lipinski definition) is 2. The van der Waals surface area contributed by atoms with Crippen molar-refractivity contribution in [3.05, 3.63) is 69.2 Å². The third kappa shape index (κ3) is 3.55. The number of rotatable bonds is 4. The van der Waals surface area contributed by atoms with E-state index < -0.39 is 23.5 Å². The molecule has 30 heavy (non-hydrogen) atoms. The van der Waals surface area contributed by atoms with Crippen molar-refractivity contribution in [3.8, 4) is 0 Å². The highest BCUT2D eigenvalue weighted by molar-refractivity contribution is 6.35. The fourth-order valence-electron chi connectivity index (χ4n) is 4.32. The molecule has 2 aromatic carbocycles. The lowest BCUT2D eigenvalue weighted by atomic mass is 9.76. The quantitative estimate of drug-likeness (QED) is 0.699. The third-order valence-corrected chi connectivity index (χ3v) is 6.32. The Labute approximate surface area is 184 Å². The highest BCUT2D eigenvalue weighted by Gasteiger charge is 2.54. The summed E-state index contributed by atoms with van der Waals surface area (Å²) in [5.74, 6) is -0.829. The van der Waals surface area contributed by atoms with Gasteiger partial charge in [0, 0.05) is 10.0 Å². The summed E-state index contributed by atoms with van der Waals surface area (Å²) < 4.78 is 0. The van der Waals surface area contributed by atoms with E-state index in [2.05, 4.69) is 10.6 Å². The van der Waals surface area contributed by atoms with Crippen molar-refractivity contribution in [2.24, 2.45) is 0 Å². The van der Waals surface area contributed by atoms with Gasteiger partial charge < -0.3 is 10.6 Å². The van der Waals surface area contributed by atoms with Crippen LogP contribution in [0.2, 0.25) is 10.0 Å². The van der Waals surface area contributed by atoms with E-state index in [4.69, 9.17) is 23.2 Å². The molecule has 8 heteroatoms. The molecular weight excluding hydrogens is 425 g/mol. The second kappa shape index (κ2) is 7.93. The van der Waals surface area contributed by atoms with Gasteiger partial charge >= 0.3 is 6.03 Å². The highest BCUT2D eigenvalue weighted by Crippen LogP contribution is 2.39. The van der Waals surface area contributed by atoms with Crippen LogP contribution in [0.3, 0.4) is 0 Å². The van der Waals surface area contributed by atoms with E-state index in [9.17, 15) is 14.4 Å². The molecule has 2 unspecified atom stereocenters. The summed E-state index contributed by atoms with van der Waals surface area (Å²) in [6, 6.07) is 11.7. The average Bonchev–Trinajstić information content (AvgIpc) is 2.93. The predicted molar refractivity (Wildman–Crippen MR) is 114 cm³/mol. The molecule has 1 aliphatic heterocycles. The summed E-state index contributed by atoms with van der Waals surface area (Å²) in [7, 11) is 0. The molecule has 2 aromatic rings. The zero-order valence-corrected chi connectivity index (χ0v) is 17.9. The zero-order chi connectivity index (χ0) is 21.5. The molecule has 1 saturated heterocycles. The van der Waals surface area contributed by atoms with Gasteiger partial charge in [0.05, 0.1) is 6.04 Å². The Bertz CT molecular complexity index is 1040. The maximum atomic E-state index is 13.3.